The summed E-state index contributed by atoms with van der Waals surface area (Å²) in [6.45, 7) is 0.870. The van der Waals surface area contributed by atoms with E-state index in [-0.39, 0.29) is 5.56 Å². The largest absolute Gasteiger partial charge is 0.319 e. The standard InChI is InChI=1S/C16H25N3O/c1-17-3-2-12-9-19(18-16(12)20)15-13-5-10-4-11(7-13)8-14(15)6-10/h9-11,13-15,17H,2-8H2,1H3,(H,18,20). The maximum Gasteiger partial charge on any atom is 0.267 e. The number of aromatic nitrogens is 2. The molecule has 1 aromatic heterocycles. The lowest BCUT2D eigenvalue weighted by atomic mass is 9.54. The van der Waals surface area contributed by atoms with E-state index in [9.17, 15) is 4.79 Å². The third kappa shape index (κ3) is 1.96. The molecule has 4 fully saturated rings. The van der Waals surface area contributed by atoms with Crippen molar-refractivity contribution < 1.29 is 0 Å². The molecule has 4 saturated carbocycles. The van der Waals surface area contributed by atoms with Crippen LogP contribution in [0.3, 0.4) is 0 Å². The van der Waals surface area contributed by atoms with Crippen LogP contribution in [-0.4, -0.2) is 23.4 Å². The molecule has 0 saturated heterocycles. The highest BCUT2D eigenvalue weighted by Gasteiger charge is 2.49. The number of rotatable bonds is 4. The molecule has 1 aromatic rings. The second kappa shape index (κ2) is 4.76. The fourth-order valence-corrected chi connectivity index (χ4v) is 5.40. The Balaban J connectivity index is 1.60. The van der Waals surface area contributed by atoms with E-state index in [4.69, 9.17) is 0 Å². The molecule has 5 rings (SSSR count). The summed E-state index contributed by atoms with van der Waals surface area (Å²) in [6, 6.07) is 0.568. The number of nitrogens with one attached hydrogen (secondary N) is 2. The highest BCUT2D eigenvalue weighted by molar-refractivity contribution is 5.08. The minimum atomic E-state index is 0.119. The smallest absolute Gasteiger partial charge is 0.267 e. The molecule has 0 spiro atoms. The van der Waals surface area contributed by atoms with Crippen LogP contribution in [-0.2, 0) is 6.42 Å². The van der Waals surface area contributed by atoms with Crippen LogP contribution in [0.2, 0.25) is 0 Å². The SMILES string of the molecule is CNCCc1cn(C2C3CC4CC(C3)CC2C4)[nH]c1=O. The quantitative estimate of drug-likeness (QED) is 0.882. The van der Waals surface area contributed by atoms with Gasteiger partial charge in [-0.1, -0.05) is 0 Å². The van der Waals surface area contributed by atoms with Crippen molar-refractivity contribution in [3.05, 3.63) is 22.1 Å². The van der Waals surface area contributed by atoms with E-state index in [0.717, 1.165) is 42.2 Å². The summed E-state index contributed by atoms with van der Waals surface area (Å²) in [7, 11) is 1.93. The summed E-state index contributed by atoms with van der Waals surface area (Å²) in [4.78, 5) is 12.1. The van der Waals surface area contributed by atoms with Gasteiger partial charge in [0.15, 0.2) is 0 Å². The zero-order valence-corrected chi connectivity index (χ0v) is 12.3. The molecule has 4 aliphatic carbocycles. The number of likely N-dealkylation sites (N-methyl/N-ethyl adjacent to an activating group) is 1. The van der Waals surface area contributed by atoms with Gasteiger partial charge in [0.1, 0.15) is 0 Å². The van der Waals surface area contributed by atoms with Crippen molar-refractivity contribution in [2.24, 2.45) is 23.7 Å². The van der Waals surface area contributed by atoms with Gasteiger partial charge >= 0.3 is 0 Å². The Morgan fingerprint density at radius 1 is 1.20 bits per heavy atom. The molecule has 0 amide bonds. The molecule has 4 bridgehead atoms. The molecule has 2 N–H and O–H groups in total. The van der Waals surface area contributed by atoms with Gasteiger partial charge in [0.2, 0.25) is 0 Å². The Morgan fingerprint density at radius 3 is 2.45 bits per heavy atom. The molecular formula is C16H25N3O. The Labute approximate surface area is 119 Å². The van der Waals surface area contributed by atoms with E-state index >= 15 is 0 Å². The molecule has 0 aliphatic heterocycles. The Morgan fingerprint density at radius 2 is 1.85 bits per heavy atom. The molecule has 20 heavy (non-hydrogen) atoms. The minimum absolute atomic E-state index is 0.119. The first-order chi connectivity index (χ1) is 9.74. The van der Waals surface area contributed by atoms with Crippen LogP contribution < -0.4 is 10.9 Å². The van der Waals surface area contributed by atoms with Crippen LogP contribution in [0.1, 0.15) is 43.7 Å². The fourth-order valence-electron chi connectivity index (χ4n) is 5.40. The van der Waals surface area contributed by atoms with Crippen LogP contribution in [0, 0.1) is 23.7 Å². The van der Waals surface area contributed by atoms with Gasteiger partial charge < -0.3 is 5.32 Å². The molecule has 110 valence electrons. The molecule has 0 aromatic carbocycles. The maximum absolute atomic E-state index is 12.1. The van der Waals surface area contributed by atoms with Gasteiger partial charge in [-0.05, 0) is 75.8 Å². The summed E-state index contributed by atoms with van der Waals surface area (Å²) < 4.78 is 2.18. The van der Waals surface area contributed by atoms with Gasteiger partial charge in [0.05, 0.1) is 6.04 Å². The second-order valence-corrected chi connectivity index (χ2v) is 7.28. The van der Waals surface area contributed by atoms with Crippen molar-refractivity contribution >= 4 is 0 Å². The molecule has 1 heterocycles. The van der Waals surface area contributed by atoms with Crippen molar-refractivity contribution in [1.29, 1.82) is 0 Å². The van der Waals surface area contributed by atoms with Crippen molar-refractivity contribution in [3.63, 3.8) is 0 Å². The first-order valence-corrected chi connectivity index (χ1v) is 8.19. The number of hydrogen-bond donors (Lipinski definition) is 2. The molecule has 4 aliphatic rings. The molecular weight excluding hydrogens is 250 g/mol. The first kappa shape index (κ1) is 12.7. The molecule has 4 heteroatoms. The lowest BCUT2D eigenvalue weighted by Crippen LogP contribution is -2.46. The van der Waals surface area contributed by atoms with Crippen LogP contribution >= 0.6 is 0 Å². The van der Waals surface area contributed by atoms with Gasteiger partial charge in [-0.15, -0.1) is 0 Å². The summed E-state index contributed by atoms with van der Waals surface area (Å²) in [5.74, 6) is 3.59. The average molecular weight is 275 g/mol. The monoisotopic (exact) mass is 275 g/mol. The highest BCUT2D eigenvalue weighted by Crippen LogP contribution is 2.57. The van der Waals surface area contributed by atoms with Crippen molar-refractivity contribution in [2.75, 3.05) is 13.6 Å². The molecule has 0 unspecified atom stereocenters. The van der Waals surface area contributed by atoms with E-state index in [1.165, 1.54) is 32.1 Å². The Hall–Kier alpha value is -1.03. The fraction of sp³-hybridized carbons (Fsp3) is 0.812. The summed E-state index contributed by atoms with van der Waals surface area (Å²) >= 11 is 0. The first-order valence-electron chi connectivity index (χ1n) is 8.19. The minimum Gasteiger partial charge on any atom is -0.319 e. The van der Waals surface area contributed by atoms with Crippen LogP contribution in [0.5, 0.6) is 0 Å². The van der Waals surface area contributed by atoms with E-state index in [1.54, 1.807) is 0 Å². The zero-order chi connectivity index (χ0) is 13.7. The van der Waals surface area contributed by atoms with E-state index in [1.807, 2.05) is 7.05 Å². The number of hydrogen-bond acceptors (Lipinski definition) is 2. The highest BCUT2D eigenvalue weighted by atomic mass is 16.1. The van der Waals surface area contributed by atoms with Crippen LogP contribution in [0.15, 0.2) is 11.0 Å². The molecule has 4 nitrogen and oxygen atoms in total. The number of aromatic amines is 1. The lowest BCUT2D eigenvalue weighted by molar-refractivity contribution is -0.0338. The predicted molar refractivity (Wildman–Crippen MR) is 78.8 cm³/mol. The topological polar surface area (TPSA) is 49.8 Å². The van der Waals surface area contributed by atoms with Crippen molar-refractivity contribution in [2.45, 2.75) is 44.6 Å². The van der Waals surface area contributed by atoms with E-state index in [2.05, 4.69) is 21.3 Å². The van der Waals surface area contributed by atoms with Crippen LogP contribution in [0.4, 0.5) is 0 Å². The van der Waals surface area contributed by atoms with Crippen molar-refractivity contribution in [1.82, 2.24) is 15.1 Å². The normalized spacial score (nSPS) is 38.5. The zero-order valence-electron chi connectivity index (χ0n) is 12.3. The summed E-state index contributed by atoms with van der Waals surface area (Å²) in [6.07, 6.45) is 9.98. The second-order valence-electron chi connectivity index (χ2n) is 7.28. The Bertz CT molecular complexity index is 516. The number of H-pyrrole nitrogens is 1. The van der Waals surface area contributed by atoms with Crippen LogP contribution in [0.25, 0.3) is 0 Å². The third-order valence-corrected chi connectivity index (χ3v) is 5.96. The Kier molecular flexibility index (Phi) is 3.02. The predicted octanol–water partition coefficient (Wildman–Crippen LogP) is 1.94. The molecule has 0 atom stereocenters. The molecule has 0 radical (unpaired) electrons. The summed E-state index contributed by atoms with van der Waals surface area (Å²) in [5.41, 5.74) is 1.06. The van der Waals surface area contributed by atoms with E-state index in [0.29, 0.717) is 6.04 Å². The lowest BCUT2D eigenvalue weighted by Gasteiger charge is -2.54. The van der Waals surface area contributed by atoms with E-state index < -0.39 is 0 Å². The van der Waals surface area contributed by atoms with Gasteiger partial charge in [0.25, 0.3) is 5.56 Å². The van der Waals surface area contributed by atoms with Gasteiger partial charge in [0, 0.05) is 11.8 Å². The van der Waals surface area contributed by atoms with Gasteiger partial charge in [-0.2, -0.15) is 0 Å². The van der Waals surface area contributed by atoms with Gasteiger partial charge in [-0.3, -0.25) is 14.6 Å². The third-order valence-electron chi connectivity index (χ3n) is 5.96. The average Bonchev–Trinajstić information content (AvgIpc) is 2.76. The van der Waals surface area contributed by atoms with Gasteiger partial charge in [-0.25, -0.2) is 0 Å². The number of nitrogens with zero attached hydrogens (tertiary/aromatic N) is 1. The maximum atomic E-state index is 12.1. The van der Waals surface area contributed by atoms with Crippen molar-refractivity contribution in [3.8, 4) is 0 Å². The summed E-state index contributed by atoms with van der Waals surface area (Å²) in [5, 5.41) is 6.24.